The molecule has 0 aromatic rings. The highest BCUT2D eigenvalue weighted by Gasteiger charge is 2.27. The normalized spacial score (nSPS) is 36.8. The van der Waals surface area contributed by atoms with Crippen LogP contribution in [0.3, 0.4) is 0 Å². The van der Waals surface area contributed by atoms with E-state index in [9.17, 15) is 0 Å². The molecule has 0 radical (unpaired) electrons. The van der Waals surface area contributed by atoms with Crippen molar-refractivity contribution in [3.8, 4) is 0 Å². The Hall–Kier alpha value is 1.01. The zero-order valence-electron chi connectivity index (χ0n) is 6.23. The van der Waals surface area contributed by atoms with Gasteiger partial charge in [-0.05, 0) is 6.42 Å². The SMILES string of the molecule is SC(CC1CS1)SCC1CO1. The number of hydrogen-bond donors (Lipinski definition) is 1. The highest BCUT2D eigenvalue weighted by molar-refractivity contribution is 8.10. The molecule has 2 heterocycles. The van der Waals surface area contributed by atoms with Crippen molar-refractivity contribution in [1.82, 2.24) is 0 Å². The predicted octanol–water partition coefficient (Wildman–Crippen LogP) is 1.88. The van der Waals surface area contributed by atoms with Crippen LogP contribution < -0.4 is 0 Å². The van der Waals surface area contributed by atoms with E-state index in [-0.39, 0.29) is 0 Å². The van der Waals surface area contributed by atoms with Crippen LogP contribution >= 0.6 is 36.2 Å². The molecule has 2 rings (SSSR count). The van der Waals surface area contributed by atoms with E-state index in [1.807, 2.05) is 11.8 Å². The summed E-state index contributed by atoms with van der Waals surface area (Å²) in [5.74, 6) is 2.50. The second-order valence-corrected chi connectivity index (χ2v) is 6.48. The molecule has 2 saturated heterocycles. The summed E-state index contributed by atoms with van der Waals surface area (Å²) >= 11 is 8.50. The first kappa shape index (κ1) is 8.60. The van der Waals surface area contributed by atoms with Gasteiger partial charge in [0.25, 0.3) is 0 Å². The largest absolute Gasteiger partial charge is 0.372 e. The molecule has 0 amide bonds. The van der Waals surface area contributed by atoms with Crippen molar-refractivity contribution in [2.45, 2.75) is 22.4 Å². The molecule has 0 aromatic heterocycles. The number of rotatable bonds is 5. The van der Waals surface area contributed by atoms with E-state index in [4.69, 9.17) is 4.74 Å². The maximum absolute atomic E-state index is 5.12. The number of epoxide rings is 1. The lowest BCUT2D eigenvalue weighted by Gasteiger charge is -2.06. The van der Waals surface area contributed by atoms with Crippen LogP contribution in [-0.4, -0.2) is 34.0 Å². The van der Waals surface area contributed by atoms with Crippen molar-refractivity contribution in [3.63, 3.8) is 0 Å². The Bertz CT molecular complexity index is 134. The second-order valence-electron chi connectivity index (χ2n) is 2.93. The first-order valence-corrected chi connectivity index (χ1v) is 6.49. The Kier molecular flexibility index (Phi) is 2.98. The number of thioether (sulfide) groups is 2. The summed E-state index contributed by atoms with van der Waals surface area (Å²) in [5, 5.41) is 0.921. The summed E-state index contributed by atoms with van der Waals surface area (Å²) in [6, 6.07) is 0. The van der Waals surface area contributed by atoms with Gasteiger partial charge in [-0.1, -0.05) is 0 Å². The van der Waals surface area contributed by atoms with Gasteiger partial charge in [0.1, 0.15) is 0 Å². The van der Waals surface area contributed by atoms with Crippen molar-refractivity contribution in [2.24, 2.45) is 0 Å². The summed E-state index contributed by atoms with van der Waals surface area (Å²) < 4.78 is 5.66. The summed E-state index contributed by atoms with van der Waals surface area (Å²) in [4.78, 5) is 0. The van der Waals surface area contributed by atoms with Gasteiger partial charge in [0.2, 0.25) is 0 Å². The molecule has 2 aliphatic heterocycles. The van der Waals surface area contributed by atoms with Crippen LogP contribution in [0.15, 0.2) is 0 Å². The maximum Gasteiger partial charge on any atom is 0.0900 e. The molecule has 0 spiro atoms. The fourth-order valence-corrected chi connectivity index (χ4v) is 3.26. The maximum atomic E-state index is 5.12. The van der Waals surface area contributed by atoms with Crippen LogP contribution in [0.1, 0.15) is 6.42 Å². The van der Waals surface area contributed by atoms with Crippen LogP contribution in [0.2, 0.25) is 0 Å². The lowest BCUT2D eigenvalue weighted by atomic mass is 10.4. The zero-order chi connectivity index (χ0) is 7.68. The second kappa shape index (κ2) is 3.81. The minimum absolute atomic E-state index is 0.541. The number of thiol groups is 1. The van der Waals surface area contributed by atoms with Crippen molar-refractivity contribution < 1.29 is 4.74 Å². The lowest BCUT2D eigenvalue weighted by Crippen LogP contribution is -2.01. The summed E-state index contributed by atoms with van der Waals surface area (Å²) in [7, 11) is 0. The first-order chi connectivity index (χ1) is 5.34. The third kappa shape index (κ3) is 3.49. The van der Waals surface area contributed by atoms with Gasteiger partial charge in [0.05, 0.1) is 12.7 Å². The van der Waals surface area contributed by atoms with Crippen molar-refractivity contribution >= 4 is 36.2 Å². The topological polar surface area (TPSA) is 12.5 Å². The third-order valence-electron chi connectivity index (χ3n) is 1.74. The minimum atomic E-state index is 0.541. The molecule has 3 unspecified atom stereocenters. The van der Waals surface area contributed by atoms with E-state index in [1.54, 1.807) is 0 Å². The molecule has 4 heteroatoms. The molecular weight excluding hydrogens is 196 g/mol. The molecule has 0 aromatic carbocycles. The number of ether oxygens (including phenoxy) is 1. The number of hydrogen-bond acceptors (Lipinski definition) is 4. The van der Waals surface area contributed by atoms with Gasteiger partial charge in [-0.25, -0.2) is 0 Å². The molecule has 2 aliphatic rings. The van der Waals surface area contributed by atoms with Crippen LogP contribution in [-0.2, 0) is 4.74 Å². The van der Waals surface area contributed by atoms with E-state index in [0.717, 1.165) is 17.6 Å². The van der Waals surface area contributed by atoms with Crippen LogP contribution in [0.25, 0.3) is 0 Å². The fourth-order valence-electron chi connectivity index (χ4n) is 0.880. The van der Waals surface area contributed by atoms with E-state index >= 15 is 0 Å². The lowest BCUT2D eigenvalue weighted by molar-refractivity contribution is 0.426. The Labute approximate surface area is 81.4 Å². The van der Waals surface area contributed by atoms with Crippen molar-refractivity contribution in [2.75, 3.05) is 18.1 Å². The van der Waals surface area contributed by atoms with Crippen LogP contribution in [0.4, 0.5) is 0 Å². The van der Waals surface area contributed by atoms with Gasteiger partial charge in [-0.3, -0.25) is 0 Å². The van der Waals surface area contributed by atoms with Crippen molar-refractivity contribution in [1.29, 1.82) is 0 Å². The average molecular weight is 208 g/mol. The molecule has 11 heavy (non-hydrogen) atoms. The van der Waals surface area contributed by atoms with Gasteiger partial charge in [-0.15, -0.1) is 11.8 Å². The van der Waals surface area contributed by atoms with E-state index in [0.29, 0.717) is 10.7 Å². The van der Waals surface area contributed by atoms with E-state index < -0.39 is 0 Å². The van der Waals surface area contributed by atoms with Crippen LogP contribution in [0.5, 0.6) is 0 Å². The van der Waals surface area contributed by atoms with Crippen molar-refractivity contribution in [3.05, 3.63) is 0 Å². The van der Waals surface area contributed by atoms with Crippen LogP contribution in [0, 0.1) is 0 Å². The molecule has 0 aliphatic carbocycles. The van der Waals surface area contributed by atoms with E-state index in [1.165, 1.54) is 12.2 Å². The highest BCUT2D eigenvalue weighted by Crippen LogP contribution is 2.38. The minimum Gasteiger partial charge on any atom is -0.372 e. The standard InChI is InChI=1S/C7H12OS3/c9-7(1-6-4-10-6)11-3-5-2-8-5/h5-7,9H,1-4H2. The Morgan fingerprint density at radius 1 is 1.73 bits per heavy atom. The van der Waals surface area contributed by atoms with Gasteiger partial charge < -0.3 is 4.74 Å². The smallest absolute Gasteiger partial charge is 0.0900 e. The third-order valence-corrected chi connectivity index (χ3v) is 4.54. The molecule has 0 N–H and O–H groups in total. The Balaban J connectivity index is 1.52. The van der Waals surface area contributed by atoms with Gasteiger partial charge in [0, 0.05) is 21.3 Å². The Morgan fingerprint density at radius 2 is 2.45 bits per heavy atom. The van der Waals surface area contributed by atoms with Gasteiger partial charge >= 0.3 is 0 Å². The zero-order valence-corrected chi connectivity index (χ0v) is 8.76. The molecule has 1 nitrogen and oxygen atoms in total. The molecule has 0 saturated carbocycles. The molecule has 0 bridgehead atoms. The summed E-state index contributed by atoms with van der Waals surface area (Å²) in [6.07, 6.45) is 1.83. The van der Waals surface area contributed by atoms with Gasteiger partial charge in [0.15, 0.2) is 0 Å². The first-order valence-electron chi connectivity index (χ1n) is 3.87. The predicted molar refractivity (Wildman–Crippen MR) is 55.8 cm³/mol. The monoisotopic (exact) mass is 208 g/mol. The fraction of sp³-hybridized carbons (Fsp3) is 1.00. The molecule has 3 atom stereocenters. The molecule has 2 fully saturated rings. The average Bonchev–Trinajstić information content (AvgIpc) is 2.80. The quantitative estimate of drug-likeness (QED) is 0.421. The van der Waals surface area contributed by atoms with E-state index in [2.05, 4.69) is 24.4 Å². The Morgan fingerprint density at radius 3 is 3.00 bits per heavy atom. The summed E-state index contributed by atoms with van der Waals surface area (Å²) in [5.41, 5.74) is 0. The summed E-state index contributed by atoms with van der Waals surface area (Å²) in [6.45, 7) is 0.978. The molecule has 64 valence electrons. The molecular formula is C7H12OS3. The highest BCUT2D eigenvalue weighted by atomic mass is 32.2. The van der Waals surface area contributed by atoms with Gasteiger partial charge in [-0.2, -0.15) is 24.4 Å².